The molecular weight excluding hydrogens is 375 g/mol. The van der Waals surface area contributed by atoms with E-state index in [1.165, 1.54) is 22.8 Å². The topological polar surface area (TPSA) is 57.2 Å². The maximum absolute atomic E-state index is 9.08. The molecule has 0 N–H and O–H groups in total. The second-order valence-corrected chi connectivity index (χ2v) is 7.56. The Morgan fingerprint density at radius 3 is 2.32 bits per heavy atom. The third kappa shape index (κ3) is 17.4. The van der Waals surface area contributed by atoms with Gasteiger partial charge in [0.05, 0.1) is 10.1 Å². The molecule has 0 fully saturated rings. The Kier molecular flexibility index (Phi) is 10.9. The molecule has 1 aromatic carbocycles. The molecule has 0 saturated heterocycles. The Morgan fingerprint density at radius 1 is 1.21 bits per heavy atom. The summed E-state index contributed by atoms with van der Waals surface area (Å²) in [6.45, 7) is 2.23. The molecule has 0 aliphatic rings. The molecule has 1 rings (SSSR count). The van der Waals surface area contributed by atoms with Gasteiger partial charge in [-0.05, 0) is 24.5 Å². The fourth-order valence-corrected chi connectivity index (χ4v) is 2.62. The van der Waals surface area contributed by atoms with E-state index >= 15 is 0 Å². The summed E-state index contributed by atoms with van der Waals surface area (Å²) >= 11 is -0.0566. The van der Waals surface area contributed by atoms with Crippen molar-refractivity contribution in [1.29, 1.82) is 0 Å². The molecule has 0 amide bonds. The zero-order valence-corrected chi connectivity index (χ0v) is 14.2. The number of benzene rings is 1. The highest BCUT2D eigenvalue weighted by Crippen LogP contribution is 1.95. The molecule has 0 aliphatic carbocycles. The van der Waals surface area contributed by atoms with Gasteiger partial charge in [-0.2, -0.15) is 0 Å². The van der Waals surface area contributed by atoms with E-state index in [0.29, 0.717) is 6.26 Å². The lowest BCUT2D eigenvalue weighted by Gasteiger charge is -1.90. The molecule has 3 nitrogen and oxygen atoms in total. The summed E-state index contributed by atoms with van der Waals surface area (Å²) < 4.78 is 32.0. The summed E-state index contributed by atoms with van der Waals surface area (Å²) in [7, 11) is -3.92. The van der Waals surface area contributed by atoms with Crippen LogP contribution in [0.4, 0.5) is 0 Å². The van der Waals surface area contributed by atoms with Crippen LogP contribution in [0.15, 0.2) is 30.3 Å². The van der Waals surface area contributed by atoms with Crippen LogP contribution in [0, 0.1) is 13.4 Å². The third-order valence-electron chi connectivity index (χ3n) is 1.86. The molecule has 0 spiro atoms. The zero-order chi connectivity index (χ0) is 14.6. The molecule has 0 atom stereocenters. The van der Waals surface area contributed by atoms with Crippen LogP contribution in [-0.4, -0.2) is 19.2 Å². The molecule has 0 aliphatic heterocycles. The second kappa shape index (κ2) is 11.3. The number of rotatable bonds is 4. The molecule has 19 heavy (non-hydrogen) atoms. The average molecular weight is 394 g/mol. The van der Waals surface area contributed by atoms with E-state index in [1.54, 1.807) is 0 Å². The van der Waals surface area contributed by atoms with Crippen molar-refractivity contribution in [3.8, 4) is 9.85 Å². The van der Waals surface area contributed by atoms with Gasteiger partial charge in [-0.3, -0.25) is 0 Å². The number of halogens is 1. The van der Waals surface area contributed by atoms with Gasteiger partial charge in [-0.15, -0.1) is 0 Å². The third-order valence-corrected chi connectivity index (χ3v) is 3.85. The predicted octanol–water partition coefficient (Wildman–Crippen LogP) is -0.352. The van der Waals surface area contributed by atoms with Crippen LogP contribution in [0.25, 0.3) is 0 Å². The van der Waals surface area contributed by atoms with Gasteiger partial charge in [-0.25, -0.2) is 8.42 Å². The SMILES string of the molecule is CCCCCC#C[I+]c1ccccc1.CS(=O)(=O)[O-]. The van der Waals surface area contributed by atoms with Crippen molar-refractivity contribution in [1.82, 2.24) is 0 Å². The van der Waals surface area contributed by atoms with Crippen molar-refractivity contribution in [2.45, 2.75) is 32.6 Å². The number of hydrogen-bond donors (Lipinski definition) is 0. The first-order valence-corrected chi connectivity index (χ1v) is 9.98. The van der Waals surface area contributed by atoms with Crippen LogP contribution in [0.5, 0.6) is 0 Å². The smallest absolute Gasteiger partial charge is 0.419 e. The molecule has 106 valence electrons. The normalized spacial score (nSPS) is 9.84. The van der Waals surface area contributed by atoms with E-state index < -0.39 is 10.1 Å². The van der Waals surface area contributed by atoms with Gasteiger partial charge in [0.2, 0.25) is 3.57 Å². The minimum atomic E-state index is -3.92. The maximum atomic E-state index is 9.08. The minimum absolute atomic E-state index is 0.0566. The van der Waals surface area contributed by atoms with Crippen molar-refractivity contribution in [3.05, 3.63) is 33.9 Å². The zero-order valence-electron chi connectivity index (χ0n) is 11.2. The van der Waals surface area contributed by atoms with Gasteiger partial charge in [0.1, 0.15) is 0 Å². The van der Waals surface area contributed by atoms with Crippen molar-refractivity contribution in [3.63, 3.8) is 0 Å². The van der Waals surface area contributed by atoms with E-state index in [4.69, 9.17) is 13.0 Å². The van der Waals surface area contributed by atoms with Crippen LogP contribution in [0.2, 0.25) is 0 Å². The van der Waals surface area contributed by atoms with Gasteiger partial charge < -0.3 is 4.55 Å². The lowest BCUT2D eigenvalue weighted by atomic mass is 10.2. The monoisotopic (exact) mass is 394 g/mol. The van der Waals surface area contributed by atoms with Crippen LogP contribution in [-0.2, 0) is 10.1 Å². The Bertz CT molecular complexity index is 478. The first kappa shape index (κ1) is 18.4. The minimum Gasteiger partial charge on any atom is -0.748 e. The molecule has 1 aromatic rings. The van der Waals surface area contributed by atoms with Gasteiger partial charge in [0, 0.05) is 12.7 Å². The van der Waals surface area contributed by atoms with Crippen LogP contribution < -0.4 is 21.2 Å². The summed E-state index contributed by atoms with van der Waals surface area (Å²) in [4.78, 5) is 0. The standard InChI is InChI=1S/C13H16I.CH4O3S/c1-2-3-4-5-9-12-14-13-10-7-6-8-11-13;1-5(2,3)4/h6-8,10-11H,2-5H2,1H3;1H3,(H,2,3,4)/q+1;/p-1. The highest BCUT2D eigenvalue weighted by Gasteiger charge is 2.05. The van der Waals surface area contributed by atoms with E-state index in [2.05, 4.69) is 47.1 Å². The van der Waals surface area contributed by atoms with Crippen LogP contribution in [0.1, 0.15) is 32.6 Å². The molecule has 0 saturated carbocycles. The highest BCUT2D eigenvalue weighted by molar-refractivity contribution is 7.84. The molecule has 0 radical (unpaired) electrons. The number of unbranched alkanes of at least 4 members (excludes halogenated alkanes) is 3. The Hall–Kier alpha value is -0.580. The van der Waals surface area contributed by atoms with Crippen molar-refractivity contribution < 1.29 is 34.2 Å². The van der Waals surface area contributed by atoms with Crippen LogP contribution in [0.3, 0.4) is 0 Å². The first-order chi connectivity index (χ1) is 8.93. The van der Waals surface area contributed by atoms with E-state index in [-0.39, 0.29) is 21.2 Å². The highest BCUT2D eigenvalue weighted by atomic mass is 127. The van der Waals surface area contributed by atoms with Crippen molar-refractivity contribution in [2.24, 2.45) is 0 Å². The van der Waals surface area contributed by atoms with Gasteiger partial charge >= 0.3 is 21.2 Å². The number of hydrogen-bond acceptors (Lipinski definition) is 3. The average Bonchev–Trinajstić information content (AvgIpc) is 2.33. The lowest BCUT2D eigenvalue weighted by Crippen LogP contribution is -3.59. The molecular formula is C14H19IO3S. The van der Waals surface area contributed by atoms with Crippen molar-refractivity contribution in [2.75, 3.05) is 6.26 Å². The van der Waals surface area contributed by atoms with Gasteiger partial charge in [0.25, 0.3) is 0 Å². The summed E-state index contributed by atoms with van der Waals surface area (Å²) in [5.74, 6) is 3.27. The maximum Gasteiger partial charge on any atom is 0.419 e. The second-order valence-electron chi connectivity index (χ2n) is 3.82. The molecule has 0 aromatic heterocycles. The van der Waals surface area contributed by atoms with Gasteiger partial charge in [-0.1, -0.05) is 38.0 Å². The summed E-state index contributed by atoms with van der Waals surface area (Å²) in [6.07, 6.45) is 5.56. The molecule has 0 unspecified atom stereocenters. The predicted molar refractivity (Wildman–Crippen MR) is 72.7 cm³/mol. The summed E-state index contributed by atoms with van der Waals surface area (Å²) in [5.41, 5.74) is 0. The largest absolute Gasteiger partial charge is 0.748 e. The van der Waals surface area contributed by atoms with Crippen LogP contribution >= 0.6 is 0 Å². The van der Waals surface area contributed by atoms with Crippen molar-refractivity contribution >= 4 is 10.1 Å². The fourth-order valence-electron chi connectivity index (χ4n) is 1.08. The quantitative estimate of drug-likeness (QED) is 0.304. The van der Waals surface area contributed by atoms with Gasteiger partial charge in [0.15, 0.2) is 3.93 Å². The van der Waals surface area contributed by atoms with E-state index in [0.717, 1.165) is 6.42 Å². The summed E-state index contributed by atoms with van der Waals surface area (Å²) in [6, 6.07) is 10.6. The molecule has 0 heterocycles. The fraction of sp³-hybridized carbons (Fsp3) is 0.429. The van der Waals surface area contributed by atoms with E-state index in [1.807, 2.05) is 0 Å². The molecule has 5 heteroatoms. The Labute approximate surface area is 126 Å². The van der Waals surface area contributed by atoms with E-state index in [9.17, 15) is 0 Å². The summed E-state index contributed by atoms with van der Waals surface area (Å²) in [5, 5.41) is 0. The Morgan fingerprint density at radius 2 is 1.79 bits per heavy atom. The molecule has 0 bridgehead atoms. The Balaban J connectivity index is 0.000000555. The first-order valence-electron chi connectivity index (χ1n) is 6.01. The lowest BCUT2D eigenvalue weighted by molar-refractivity contribution is -0.535.